The Labute approximate surface area is 172 Å². The van der Waals surface area contributed by atoms with Crippen molar-refractivity contribution in [2.75, 3.05) is 0 Å². The number of carbonyl (C=O) groups is 1. The van der Waals surface area contributed by atoms with Gasteiger partial charge in [0.1, 0.15) is 0 Å². The molecule has 0 saturated heterocycles. The molecule has 2 nitrogen and oxygen atoms in total. The molecular formula is C24H33O2Sn. The molecule has 27 heavy (non-hydrogen) atoms. The van der Waals surface area contributed by atoms with Crippen LogP contribution in [0.2, 0.25) is 4.44 Å². The molecule has 0 aliphatic carbocycles. The zero-order chi connectivity index (χ0) is 19.9. The van der Waals surface area contributed by atoms with Crippen molar-refractivity contribution in [2.45, 2.75) is 56.8 Å². The summed E-state index contributed by atoms with van der Waals surface area (Å²) in [4.78, 5) is 9.60. The Morgan fingerprint density at radius 2 is 1.26 bits per heavy atom. The SMILES string of the molecule is C=C(C)C(=O)O.CCCCCCC[CH2][Sn]([c]1ccccc1)[c]1ccccc1. The maximum atomic E-state index is 9.60. The third-order valence-electron chi connectivity index (χ3n) is 4.39. The molecule has 0 bridgehead atoms. The molecule has 0 unspecified atom stereocenters. The molecule has 0 heterocycles. The van der Waals surface area contributed by atoms with E-state index in [2.05, 4.69) is 74.2 Å². The molecule has 1 N–H and O–H groups in total. The van der Waals surface area contributed by atoms with E-state index >= 15 is 0 Å². The third kappa shape index (κ3) is 10.4. The van der Waals surface area contributed by atoms with Crippen LogP contribution in [0.5, 0.6) is 0 Å². The second-order valence-corrected chi connectivity index (χ2v) is 14.3. The number of rotatable bonds is 10. The second kappa shape index (κ2) is 14.5. The molecule has 0 aromatic heterocycles. The Morgan fingerprint density at radius 3 is 1.67 bits per heavy atom. The summed E-state index contributed by atoms with van der Waals surface area (Å²) < 4.78 is 4.77. The minimum atomic E-state index is -1.66. The summed E-state index contributed by atoms with van der Waals surface area (Å²) in [5, 5.41) is 7.89. The first kappa shape index (κ1) is 23.5. The van der Waals surface area contributed by atoms with E-state index in [1.54, 1.807) is 7.16 Å². The molecule has 0 aliphatic heterocycles. The summed E-state index contributed by atoms with van der Waals surface area (Å²) in [5.74, 6) is -0.935. The fourth-order valence-corrected chi connectivity index (χ4v) is 10.5. The van der Waals surface area contributed by atoms with Crippen LogP contribution < -0.4 is 7.16 Å². The standard InChI is InChI=1S/C8H17.2C6H5.C4H6O2.Sn/c1-3-5-7-8-6-4-2;2*1-2-4-6-5-3-1;1-3(2)4(5)6;/h1,3-8H2,2H3;2*1-5H;1H2,2H3,(H,5,6);. The van der Waals surface area contributed by atoms with E-state index in [1.165, 1.54) is 49.9 Å². The molecule has 0 atom stereocenters. The molecule has 2 aromatic rings. The van der Waals surface area contributed by atoms with Crippen molar-refractivity contribution < 1.29 is 9.90 Å². The Balaban J connectivity index is 0.000000527. The van der Waals surface area contributed by atoms with Crippen molar-refractivity contribution in [3.05, 3.63) is 72.8 Å². The molecule has 2 rings (SSSR count). The van der Waals surface area contributed by atoms with Crippen LogP contribution in [0.1, 0.15) is 52.4 Å². The fraction of sp³-hybridized carbons (Fsp3) is 0.375. The van der Waals surface area contributed by atoms with Gasteiger partial charge in [0.25, 0.3) is 0 Å². The Morgan fingerprint density at radius 1 is 0.852 bits per heavy atom. The minimum absolute atomic E-state index is 0.176. The summed E-state index contributed by atoms with van der Waals surface area (Å²) >= 11 is -1.66. The van der Waals surface area contributed by atoms with Crippen LogP contribution in [0, 0.1) is 0 Å². The third-order valence-corrected chi connectivity index (χ3v) is 12.7. The van der Waals surface area contributed by atoms with E-state index in [0.717, 1.165) is 0 Å². The fourth-order valence-electron chi connectivity index (χ4n) is 2.82. The van der Waals surface area contributed by atoms with Crippen molar-refractivity contribution in [2.24, 2.45) is 0 Å². The molecule has 2 aromatic carbocycles. The van der Waals surface area contributed by atoms with Crippen molar-refractivity contribution in [1.82, 2.24) is 0 Å². The van der Waals surface area contributed by atoms with Gasteiger partial charge in [-0.2, -0.15) is 0 Å². The molecule has 0 spiro atoms. The van der Waals surface area contributed by atoms with Gasteiger partial charge in [-0.25, -0.2) is 4.79 Å². The van der Waals surface area contributed by atoms with Crippen molar-refractivity contribution >= 4 is 32.9 Å². The average Bonchev–Trinajstić information content (AvgIpc) is 2.69. The van der Waals surface area contributed by atoms with E-state index in [1.807, 2.05) is 0 Å². The number of hydrogen-bond acceptors (Lipinski definition) is 1. The van der Waals surface area contributed by atoms with Crippen LogP contribution in [-0.4, -0.2) is 30.8 Å². The first-order valence-corrected chi connectivity index (χ1v) is 14.8. The monoisotopic (exact) mass is 473 g/mol. The van der Waals surface area contributed by atoms with Gasteiger partial charge in [0.2, 0.25) is 0 Å². The van der Waals surface area contributed by atoms with Gasteiger partial charge in [0.05, 0.1) is 0 Å². The van der Waals surface area contributed by atoms with Gasteiger partial charge in [-0.3, -0.25) is 0 Å². The van der Waals surface area contributed by atoms with Crippen molar-refractivity contribution in [1.29, 1.82) is 0 Å². The van der Waals surface area contributed by atoms with Gasteiger partial charge in [0.15, 0.2) is 0 Å². The number of hydrogen-bond donors (Lipinski definition) is 1. The van der Waals surface area contributed by atoms with Crippen LogP contribution in [-0.2, 0) is 4.79 Å². The maximum absolute atomic E-state index is 9.60. The number of carboxylic acid groups (broad SMARTS) is 1. The first-order valence-electron chi connectivity index (χ1n) is 9.91. The molecule has 0 amide bonds. The summed E-state index contributed by atoms with van der Waals surface area (Å²) in [6, 6.07) is 22.6. The van der Waals surface area contributed by atoms with Gasteiger partial charge in [-0.05, 0) is 6.92 Å². The number of aliphatic carboxylic acids is 1. The Bertz CT molecular complexity index is 601. The van der Waals surface area contributed by atoms with Gasteiger partial charge < -0.3 is 5.11 Å². The van der Waals surface area contributed by atoms with Crippen LogP contribution in [0.15, 0.2) is 72.8 Å². The normalized spacial score (nSPS) is 10.2. The average molecular weight is 472 g/mol. The summed E-state index contributed by atoms with van der Waals surface area (Å²) in [5.41, 5.74) is 0.176. The molecule has 0 fully saturated rings. The predicted molar refractivity (Wildman–Crippen MR) is 119 cm³/mol. The Hall–Kier alpha value is -1.55. The molecule has 0 saturated carbocycles. The van der Waals surface area contributed by atoms with Gasteiger partial charge >= 0.3 is 143 Å². The van der Waals surface area contributed by atoms with Gasteiger partial charge in [-0.15, -0.1) is 0 Å². The van der Waals surface area contributed by atoms with Gasteiger partial charge in [-0.1, -0.05) is 6.58 Å². The van der Waals surface area contributed by atoms with Crippen molar-refractivity contribution in [3.63, 3.8) is 0 Å². The van der Waals surface area contributed by atoms with Crippen LogP contribution in [0.4, 0.5) is 0 Å². The number of unbranched alkanes of at least 4 members (excludes halogenated alkanes) is 5. The summed E-state index contributed by atoms with van der Waals surface area (Å²) in [6.45, 7) is 6.89. The van der Waals surface area contributed by atoms with Crippen LogP contribution in [0.25, 0.3) is 0 Å². The van der Waals surface area contributed by atoms with E-state index in [-0.39, 0.29) is 5.57 Å². The van der Waals surface area contributed by atoms with Crippen molar-refractivity contribution in [3.8, 4) is 0 Å². The number of carboxylic acids is 1. The molecular weight excluding hydrogens is 439 g/mol. The summed E-state index contributed by atoms with van der Waals surface area (Å²) in [6.07, 6.45) is 8.43. The molecule has 0 aliphatic rings. The van der Waals surface area contributed by atoms with E-state index in [0.29, 0.717) is 0 Å². The topological polar surface area (TPSA) is 37.3 Å². The van der Waals surface area contributed by atoms with Crippen LogP contribution in [0.3, 0.4) is 0 Å². The predicted octanol–water partition coefficient (Wildman–Crippen LogP) is 5.30. The first-order chi connectivity index (χ1) is 13.1. The summed E-state index contributed by atoms with van der Waals surface area (Å²) in [7, 11) is 0. The molecule has 1 radical (unpaired) electrons. The van der Waals surface area contributed by atoms with Crippen LogP contribution >= 0.6 is 0 Å². The molecule has 3 heteroatoms. The molecule has 145 valence electrons. The second-order valence-electron chi connectivity index (χ2n) is 6.81. The quantitative estimate of drug-likeness (QED) is 0.290. The van der Waals surface area contributed by atoms with E-state index < -0.39 is 25.7 Å². The van der Waals surface area contributed by atoms with E-state index in [9.17, 15) is 4.79 Å². The number of benzene rings is 2. The zero-order valence-electron chi connectivity index (χ0n) is 16.8. The zero-order valence-corrected chi connectivity index (χ0v) is 19.6. The van der Waals surface area contributed by atoms with E-state index in [4.69, 9.17) is 5.11 Å². The van der Waals surface area contributed by atoms with Gasteiger partial charge in [0, 0.05) is 5.57 Å². The Kier molecular flexibility index (Phi) is 12.6.